The molecule has 0 radical (unpaired) electrons. The smallest absolute Gasteiger partial charge is 0.264 e. The van der Waals surface area contributed by atoms with E-state index in [-0.39, 0.29) is 12.5 Å². The van der Waals surface area contributed by atoms with Crippen LogP contribution < -0.4 is 14.8 Å². The topological polar surface area (TPSA) is 47.6 Å². The molecule has 1 N–H and O–H groups in total. The predicted molar refractivity (Wildman–Crippen MR) is 55.4 cm³/mol. The summed E-state index contributed by atoms with van der Waals surface area (Å²) in [6.07, 6.45) is -0.610. The molecule has 2 rings (SSSR count). The van der Waals surface area contributed by atoms with Crippen LogP contribution >= 0.6 is 11.6 Å². The highest BCUT2D eigenvalue weighted by Crippen LogP contribution is 2.33. The van der Waals surface area contributed by atoms with Gasteiger partial charge >= 0.3 is 0 Å². The quantitative estimate of drug-likeness (QED) is 0.785. The van der Waals surface area contributed by atoms with Crippen LogP contribution in [0.2, 0.25) is 5.02 Å². The number of nitrogens with one attached hydrogen (secondary N) is 1. The van der Waals surface area contributed by atoms with Crippen LogP contribution in [0.3, 0.4) is 0 Å². The normalized spacial score (nSPS) is 18.4. The van der Waals surface area contributed by atoms with Crippen LogP contribution in [-0.2, 0) is 4.79 Å². The summed E-state index contributed by atoms with van der Waals surface area (Å²) in [6, 6.07) is 5.06. The van der Waals surface area contributed by atoms with E-state index in [1.165, 1.54) is 0 Å². The molecule has 4 nitrogen and oxygen atoms in total. The Kier molecular flexibility index (Phi) is 2.68. The van der Waals surface area contributed by atoms with Crippen LogP contribution in [0.25, 0.3) is 0 Å². The molecule has 1 heterocycles. The average Bonchev–Trinajstić information content (AvgIpc) is 2.27. The zero-order valence-electron chi connectivity index (χ0n) is 8.12. The number of hydrogen-bond donors (Lipinski definition) is 1. The van der Waals surface area contributed by atoms with Gasteiger partial charge in [0.15, 0.2) is 11.5 Å². The number of fused-ring (bicyclic) bond motifs is 1. The number of carbonyl (C=O) groups is 1. The third-order valence-corrected chi connectivity index (χ3v) is 2.34. The van der Waals surface area contributed by atoms with Gasteiger partial charge in [-0.15, -0.1) is 0 Å². The van der Waals surface area contributed by atoms with Crippen molar-refractivity contribution in [1.29, 1.82) is 0 Å². The molecule has 0 bridgehead atoms. The first-order chi connectivity index (χ1) is 7.20. The molecule has 1 aliphatic rings. The van der Waals surface area contributed by atoms with Crippen molar-refractivity contribution in [3.8, 4) is 11.5 Å². The third-order valence-electron chi connectivity index (χ3n) is 2.10. The zero-order valence-corrected chi connectivity index (χ0v) is 8.88. The first-order valence-electron chi connectivity index (χ1n) is 4.51. The van der Waals surface area contributed by atoms with E-state index in [0.717, 1.165) is 0 Å². The highest BCUT2D eigenvalue weighted by molar-refractivity contribution is 6.30. The fourth-order valence-electron chi connectivity index (χ4n) is 1.34. The first kappa shape index (κ1) is 10.1. The van der Waals surface area contributed by atoms with Crippen molar-refractivity contribution in [1.82, 2.24) is 5.32 Å². The van der Waals surface area contributed by atoms with Gasteiger partial charge in [0.2, 0.25) is 6.10 Å². The molecule has 15 heavy (non-hydrogen) atoms. The van der Waals surface area contributed by atoms with Crippen molar-refractivity contribution in [2.75, 3.05) is 13.7 Å². The number of hydrogen-bond acceptors (Lipinski definition) is 3. The van der Waals surface area contributed by atoms with E-state index in [1.54, 1.807) is 25.2 Å². The summed E-state index contributed by atoms with van der Waals surface area (Å²) in [6.45, 7) is 0.217. The summed E-state index contributed by atoms with van der Waals surface area (Å²) in [5.41, 5.74) is 0. The second kappa shape index (κ2) is 3.98. The van der Waals surface area contributed by atoms with Crippen LogP contribution in [0.1, 0.15) is 0 Å². The summed E-state index contributed by atoms with van der Waals surface area (Å²) >= 11 is 5.80. The van der Waals surface area contributed by atoms with Crippen molar-refractivity contribution in [3.63, 3.8) is 0 Å². The van der Waals surface area contributed by atoms with Crippen molar-refractivity contribution in [2.45, 2.75) is 6.10 Å². The number of carbonyl (C=O) groups excluding carboxylic acids is 1. The number of amides is 1. The van der Waals surface area contributed by atoms with Crippen molar-refractivity contribution < 1.29 is 14.3 Å². The fraction of sp³-hybridized carbons (Fsp3) is 0.300. The van der Waals surface area contributed by atoms with Gasteiger partial charge in [-0.2, -0.15) is 0 Å². The fourth-order valence-corrected chi connectivity index (χ4v) is 1.50. The second-order valence-corrected chi connectivity index (χ2v) is 3.56. The summed E-state index contributed by atoms with van der Waals surface area (Å²) < 4.78 is 10.8. The Balaban J connectivity index is 2.22. The van der Waals surface area contributed by atoms with E-state index in [9.17, 15) is 4.79 Å². The minimum absolute atomic E-state index is 0.208. The third kappa shape index (κ3) is 1.99. The van der Waals surface area contributed by atoms with E-state index < -0.39 is 6.10 Å². The van der Waals surface area contributed by atoms with Crippen molar-refractivity contribution in [3.05, 3.63) is 23.2 Å². The predicted octanol–water partition coefficient (Wildman–Crippen LogP) is 1.23. The standard InChI is InChI=1S/C10H10ClNO3/c1-12-10(13)9-5-14-7-3-2-6(11)4-8(7)15-9/h2-4,9H,5H2,1H3,(H,12,13). The van der Waals surface area contributed by atoms with Gasteiger partial charge in [-0.1, -0.05) is 11.6 Å². The molecular weight excluding hydrogens is 218 g/mol. The van der Waals surface area contributed by atoms with Crippen LogP contribution in [0.15, 0.2) is 18.2 Å². The summed E-state index contributed by atoms with van der Waals surface area (Å²) in [4.78, 5) is 11.3. The lowest BCUT2D eigenvalue weighted by molar-refractivity contribution is -0.129. The molecule has 0 aliphatic carbocycles. The Labute approximate surface area is 92.1 Å². The lowest BCUT2D eigenvalue weighted by atomic mass is 10.2. The van der Waals surface area contributed by atoms with E-state index in [4.69, 9.17) is 21.1 Å². The molecule has 5 heteroatoms. The van der Waals surface area contributed by atoms with Crippen molar-refractivity contribution in [2.24, 2.45) is 0 Å². The number of rotatable bonds is 1. The SMILES string of the molecule is CNC(=O)C1COc2ccc(Cl)cc2O1. The maximum absolute atomic E-state index is 11.3. The van der Waals surface area contributed by atoms with Gasteiger partial charge < -0.3 is 14.8 Å². The number of likely N-dealkylation sites (N-methyl/N-ethyl adjacent to an activating group) is 1. The number of halogens is 1. The van der Waals surface area contributed by atoms with Gasteiger partial charge in [0.05, 0.1) is 0 Å². The largest absolute Gasteiger partial charge is 0.485 e. The molecule has 0 fully saturated rings. The van der Waals surface area contributed by atoms with Gasteiger partial charge in [-0.3, -0.25) is 4.79 Å². The van der Waals surface area contributed by atoms with Gasteiger partial charge in [0.1, 0.15) is 6.61 Å². The maximum atomic E-state index is 11.3. The summed E-state index contributed by atoms with van der Waals surface area (Å²) in [5, 5.41) is 3.05. The Morgan fingerprint density at radius 1 is 1.53 bits per heavy atom. The highest BCUT2D eigenvalue weighted by atomic mass is 35.5. The average molecular weight is 228 g/mol. The Bertz CT molecular complexity index is 394. The van der Waals surface area contributed by atoms with Gasteiger partial charge in [-0.05, 0) is 12.1 Å². The minimum Gasteiger partial charge on any atom is -0.485 e. The van der Waals surface area contributed by atoms with Crippen LogP contribution in [0.4, 0.5) is 0 Å². The van der Waals surface area contributed by atoms with E-state index in [2.05, 4.69) is 5.32 Å². The second-order valence-electron chi connectivity index (χ2n) is 3.12. The molecule has 0 spiro atoms. The molecule has 1 aromatic carbocycles. The monoisotopic (exact) mass is 227 g/mol. The summed E-state index contributed by atoms with van der Waals surface area (Å²) in [5.74, 6) is 0.905. The highest BCUT2D eigenvalue weighted by Gasteiger charge is 2.26. The maximum Gasteiger partial charge on any atom is 0.264 e. The number of benzene rings is 1. The lowest BCUT2D eigenvalue weighted by Gasteiger charge is -2.25. The molecule has 1 aliphatic heterocycles. The molecule has 1 atom stereocenters. The Hall–Kier alpha value is -1.42. The molecular formula is C10H10ClNO3. The Morgan fingerprint density at radius 2 is 2.33 bits per heavy atom. The lowest BCUT2D eigenvalue weighted by Crippen LogP contribution is -2.42. The van der Waals surface area contributed by atoms with Crippen molar-refractivity contribution >= 4 is 17.5 Å². The zero-order chi connectivity index (χ0) is 10.8. The molecule has 1 aromatic rings. The van der Waals surface area contributed by atoms with Crippen LogP contribution in [-0.4, -0.2) is 25.7 Å². The molecule has 0 aromatic heterocycles. The first-order valence-corrected chi connectivity index (χ1v) is 4.89. The van der Waals surface area contributed by atoms with Crippen LogP contribution in [0, 0.1) is 0 Å². The van der Waals surface area contributed by atoms with E-state index in [0.29, 0.717) is 16.5 Å². The minimum atomic E-state index is -0.610. The van der Waals surface area contributed by atoms with Gasteiger partial charge in [-0.25, -0.2) is 0 Å². The van der Waals surface area contributed by atoms with E-state index in [1.807, 2.05) is 0 Å². The van der Waals surface area contributed by atoms with E-state index >= 15 is 0 Å². The number of ether oxygens (including phenoxy) is 2. The Morgan fingerprint density at radius 3 is 3.07 bits per heavy atom. The van der Waals surface area contributed by atoms with Crippen LogP contribution in [0.5, 0.6) is 11.5 Å². The molecule has 1 unspecified atom stereocenters. The van der Waals surface area contributed by atoms with Gasteiger partial charge in [0, 0.05) is 18.1 Å². The molecule has 0 saturated heterocycles. The summed E-state index contributed by atoms with van der Waals surface area (Å²) in [7, 11) is 1.55. The molecule has 0 saturated carbocycles. The van der Waals surface area contributed by atoms with Gasteiger partial charge in [0.25, 0.3) is 5.91 Å². The molecule has 1 amide bonds. The molecule has 80 valence electrons.